The predicted octanol–water partition coefficient (Wildman–Crippen LogP) is 3.00. The van der Waals surface area contributed by atoms with E-state index in [0.29, 0.717) is 25.3 Å². The quantitative estimate of drug-likeness (QED) is 0.578. The fraction of sp³-hybridized carbons (Fsp3) is 0.417. The van der Waals surface area contributed by atoms with Crippen LogP contribution in [-0.2, 0) is 6.54 Å². The molecule has 3 heterocycles. The van der Waals surface area contributed by atoms with Crippen LogP contribution in [0.3, 0.4) is 0 Å². The zero-order chi connectivity index (χ0) is 21.8. The standard InChI is InChI=1S/C24H28N4O4/c1-29-19-3-4-20-21(13-19)27-24(15-26-20)30-11-10-28-8-6-18(7-9-28)25-14-17-2-5-22-23(12-17)32-16-31-22/h2-5,12-13,15,18,25H,6-11,14,16H2,1H3. The maximum absolute atomic E-state index is 5.87. The minimum absolute atomic E-state index is 0.316. The molecule has 0 spiro atoms. The summed E-state index contributed by atoms with van der Waals surface area (Å²) in [6, 6.07) is 12.3. The molecule has 3 aromatic rings. The summed E-state index contributed by atoms with van der Waals surface area (Å²) >= 11 is 0. The van der Waals surface area contributed by atoms with Gasteiger partial charge in [0.1, 0.15) is 12.4 Å². The van der Waals surface area contributed by atoms with Gasteiger partial charge in [-0.3, -0.25) is 4.90 Å². The Morgan fingerprint density at radius 1 is 1.06 bits per heavy atom. The Bertz CT molecular complexity index is 1070. The van der Waals surface area contributed by atoms with Gasteiger partial charge in [-0.25, -0.2) is 9.97 Å². The molecule has 2 aromatic carbocycles. The Labute approximate surface area is 187 Å². The van der Waals surface area contributed by atoms with Gasteiger partial charge in [0, 0.05) is 25.2 Å². The van der Waals surface area contributed by atoms with Gasteiger partial charge < -0.3 is 24.3 Å². The van der Waals surface area contributed by atoms with Crippen LogP contribution < -0.4 is 24.3 Å². The van der Waals surface area contributed by atoms with Crippen molar-refractivity contribution in [1.29, 1.82) is 0 Å². The highest BCUT2D eigenvalue weighted by atomic mass is 16.7. The number of likely N-dealkylation sites (tertiary alicyclic amines) is 1. The van der Waals surface area contributed by atoms with Crippen molar-refractivity contribution in [3.63, 3.8) is 0 Å². The average Bonchev–Trinajstić information content (AvgIpc) is 3.31. The molecule has 0 atom stereocenters. The number of hydrogen-bond donors (Lipinski definition) is 1. The molecule has 0 amide bonds. The van der Waals surface area contributed by atoms with Crippen molar-refractivity contribution < 1.29 is 18.9 Å². The third-order valence-electron chi connectivity index (χ3n) is 6.00. The Kier molecular flexibility index (Phi) is 6.22. The number of aromatic nitrogens is 2. The van der Waals surface area contributed by atoms with Crippen LogP contribution in [0.15, 0.2) is 42.6 Å². The van der Waals surface area contributed by atoms with E-state index in [9.17, 15) is 0 Å². The molecule has 8 heteroatoms. The van der Waals surface area contributed by atoms with Crippen molar-refractivity contribution in [2.45, 2.75) is 25.4 Å². The summed E-state index contributed by atoms with van der Waals surface area (Å²) in [6.45, 7) is 4.75. The van der Waals surface area contributed by atoms with Crippen molar-refractivity contribution in [2.24, 2.45) is 0 Å². The van der Waals surface area contributed by atoms with Gasteiger partial charge in [0.2, 0.25) is 12.7 Å². The molecule has 1 aromatic heterocycles. The molecule has 1 fully saturated rings. The lowest BCUT2D eigenvalue weighted by molar-refractivity contribution is 0.162. The normalized spacial score (nSPS) is 16.4. The minimum Gasteiger partial charge on any atom is -0.497 e. The number of piperidine rings is 1. The Balaban J connectivity index is 1.04. The van der Waals surface area contributed by atoms with Gasteiger partial charge in [-0.2, -0.15) is 0 Å². The molecule has 0 unspecified atom stereocenters. The van der Waals surface area contributed by atoms with Crippen LogP contribution in [-0.4, -0.2) is 61.1 Å². The Hall–Kier alpha value is -3.10. The number of methoxy groups -OCH3 is 1. The monoisotopic (exact) mass is 436 g/mol. The lowest BCUT2D eigenvalue weighted by Gasteiger charge is -2.32. The molecule has 2 aliphatic heterocycles. The maximum Gasteiger partial charge on any atom is 0.232 e. The van der Waals surface area contributed by atoms with E-state index < -0.39 is 0 Å². The van der Waals surface area contributed by atoms with E-state index >= 15 is 0 Å². The molecular weight excluding hydrogens is 408 g/mol. The van der Waals surface area contributed by atoms with Crippen LogP contribution in [0, 0.1) is 0 Å². The topological polar surface area (TPSA) is 78.0 Å². The zero-order valence-electron chi connectivity index (χ0n) is 18.3. The van der Waals surface area contributed by atoms with E-state index in [1.165, 1.54) is 5.56 Å². The van der Waals surface area contributed by atoms with Crippen molar-refractivity contribution >= 4 is 11.0 Å². The number of fused-ring (bicyclic) bond motifs is 2. The number of nitrogens with one attached hydrogen (secondary N) is 1. The van der Waals surface area contributed by atoms with Crippen molar-refractivity contribution in [3.8, 4) is 23.1 Å². The van der Waals surface area contributed by atoms with Crippen LogP contribution in [0.1, 0.15) is 18.4 Å². The van der Waals surface area contributed by atoms with Gasteiger partial charge in [-0.1, -0.05) is 6.07 Å². The van der Waals surface area contributed by atoms with E-state index in [2.05, 4.69) is 32.3 Å². The fourth-order valence-corrected chi connectivity index (χ4v) is 4.12. The maximum atomic E-state index is 5.87. The van der Waals surface area contributed by atoms with E-state index in [-0.39, 0.29) is 0 Å². The summed E-state index contributed by atoms with van der Waals surface area (Å²) in [7, 11) is 1.64. The molecule has 5 rings (SSSR count). The highest BCUT2D eigenvalue weighted by Gasteiger charge is 2.19. The van der Waals surface area contributed by atoms with E-state index in [1.807, 2.05) is 24.3 Å². The number of nitrogens with zero attached hydrogens (tertiary/aromatic N) is 3. The Morgan fingerprint density at radius 3 is 2.81 bits per heavy atom. The number of hydrogen-bond acceptors (Lipinski definition) is 8. The molecule has 0 bridgehead atoms. The third-order valence-corrected chi connectivity index (χ3v) is 6.00. The van der Waals surface area contributed by atoms with Crippen LogP contribution in [0.5, 0.6) is 23.1 Å². The molecule has 0 radical (unpaired) electrons. The van der Waals surface area contributed by atoms with Gasteiger partial charge in [-0.15, -0.1) is 0 Å². The van der Waals surface area contributed by atoms with Crippen molar-refractivity contribution in [2.75, 3.05) is 40.1 Å². The van der Waals surface area contributed by atoms with E-state index in [0.717, 1.165) is 67.3 Å². The molecular formula is C24H28N4O4. The summed E-state index contributed by atoms with van der Waals surface area (Å²) in [6.07, 6.45) is 3.93. The highest BCUT2D eigenvalue weighted by molar-refractivity contribution is 5.76. The molecule has 0 aliphatic carbocycles. The second-order valence-electron chi connectivity index (χ2n) is 8.10. The lowest BCUT2D eigenvalue weighted by atomic mass is 10.0. The zero-order valence-corrected chi connectivity index (χ0v) is 18.3. The molecule has 8 nitrogen and oxygen atoms in total. The smallest absolute Gasteiger partial charge is 0.232 e. The second kappa shape index (κ2) is 9.58. The highest BCUT2D eigenvalue weighted by Crippen LogP contribution is 2.32. The summed E-state index contributed by atoms with van der Waals surface area (Å²) in [5, 5.41) is 3.68. The van der Waals surface area contributed by atoms with E-state index in [1.54, 1.807) is 13.3 Å². The van der Waals surface area contributed by atoms with Crippen LogP contribution >= 0.6 is 0 Å². The Morgan fingerprint density at radius 2 is 1.94 bits per heavy atom. The summed E-state index contributed by atoms with van der Waals surface area (Å²) in [4.78, 5) is 11.4. The lowest BCUT2D eigenvalue weighted by Crippen LogP contribution is -2.43. The third kappa shape index (κ3) is 4.87. The predicted molar refractivity (Wildman–Crippen MR) is 120 cm³/mol. The number of benzene rings is 2. The first-order chi connectivity index (χ1) is 15.8. The van der Waals surface area contributed by atoms with Crippen LogP contribution in [0.4, 0.5) is 0 Å². The SMILES string of the molecule is COc1ccc2ncc(OCCN3CCC(NCc4ccc5c(c4)OCO5)CC3)nc2c1. The van der Waals surface area contributed by atoms with Crippen molar-refractivity contribution in [3.05, 3.63) is 48.2 Å². The molecule has 2 aliphatic rings. The van der Waals surface area contributed by atoms with Gasteiger partial charge in [0.15, 0.2) is 11.5 Å². The summed E-state index contributed by atoms with van der Waals surface area (Å²) in [5.74, 6) is 2.98. The first-order valence-corrected chi connectivity index (χ1v) is 11.0. The average molecular weight is 437 g/mol. The summed E-state index contributed by atoms with van der Waals surface area (Å²) in [5.41, 5.74) is 2.82. The largest absolute Gasteiger partial charge is 0.497 e. The van der Waals surface area contributed by atoms with Gasteiger partial charge >= 0.3 is 0 Å². The minimum atomic E-state index is 0.316. The number of rotatable bonds is 8. The van der Waals surface area contributed by atoms with Crippen LogP contribution in [0.25, 0.3) is 11.0 Å². The molecule has 1 saturated heterocycles. The van der Waals surface area contributed by atoms with Crippen molar-refractivity contribution in [1.82, 2.24) is 20.2 Å². The van der Waals surface area contributed by atoms with Crippen LogP contribution in [0.2, 0.25) is 0 Å². The fourth-order valence-electron chi connectivity index (χ4n) is 4.12. The molecule has 0 saturated carbocycles. The van der Waals surface area contributed by atoms with Gasteiger partial charge in [0.25, 0.3) is 0 Å². The number of ether oxygens (including phenoxy) is 4. The first-order valence-electron chi connectivity index (χ1n) is 11.0. The first kappa shape index (κ1) is 20.8. The summed E-state index contributed by atoms with van der Waals surface area (Å²) < 4.78 is 22.0. The van der Waals surface area contributed by atoms with E-state index in [4.69, 9.17) is 18.9 Å². The van der Waals surface area contributed by atoms with Gasteiger partial charge in [0.05, 0.1) is 24.3 Å². The molecule has 32 heavy (non-hydrogen) atoms. The molecule has 168 valence electrons. The molecule has 1 N–H and O–H groups in total. The second-order valence-corrected chi connectivity index (χ2v) is 8.10. The van der Waals surface area contributed by atoms with Gasteiger partial charge in [-0.05, 0) is 55.8 Å².